The van der Waals surface area contributed by atoms with E-state index in [2.05, 4.69) is 39.2 Å². The lowest BCUT2D eigenvalue weighted by Crippen LogP contribution is -2.47. The summed E-state index contributed by atoms with van der Waals surface area (Å²) in [5, 5.41) is 4.45. The topological polar surface area (TPSA) is 63.0 Å². The zero-order valence-electron chi connectivity index (χ0n) is 18.7. The zero-order chi connectivity index (χ0) is 21.9. The van der Waals surface area contributed by atoms with Crippen LogP contribution in [0.4, 0.5) is 0 Å². The number of carbonyl (C=O) groups is 1. The number of amides is 1. The first-order chi connectivity index (χ1) is 15.7. The molecule has 1 aromatic carbocycles. The third-order valence-electron chi connectivity index (χ3n) is 6.88. The number of methoxy groups -OCH3 is 1. The quantitative estimate of drug-likeness (QED) is 0.573. The number of piperidine rings is 1. The third-order valence-corrected chi connectivity index (χ3v) is 6.88. The van der Waals surface area contributed by atoms with Gasteiger partial charge in [-0.3, -0.25) is 9.69 Å². The molecule has 1 aliphatic heterocycles. The molecular weight excluding hydrogens is 402 g/mol. The summed E-state index contributed by atoms with van der Waals surface area (Å²) in [5.41, 5.74) is 4.12. The van der Waals surface area contributed by atoms with Crippen LogP contribution in [0.5, 0.6) is 0 Å². The number of carbonyl (C=O) groups excluding carboxylic acids is 1. The normalized spacial score (nSPS) is 19.3. The Kier molecular flexibility index (Phi) is 6.19. The van der Waals surface area contributed by atoms with Crippen molar-refractivity contribution in [3.05, 3.63) is 65.6 Å². The average molecular weight is 434 g/mol. The summed E-state index contributed by atoms with van der Waals surface area (Å²) in [6, 6.07) is 13.0. The van der Waals surface area contributed by atoms with E-state index in [1.54, 1.807) is 23.9 Å². The lowest BCUT2D eigenvalue weighted by molar-refractivity contribution is 0.0568. The largest absolute Gasteiger partial charge is 0.383 e. The molecule has 1 fully saturated rings. The summed E-state index contributed by atoms with van der Waals surface area (Å²) in [4.78, 5) is 22.2. The molecule has 0 bridgehead atoms. The number of hydrogen-bond donors (Lipinski definition) is 0. The van der Waals surface area contributed by atoms with Crippen LogP contribution in [-0.2, 0) is 17.6 Å². The molecule has 5 rings (SSSR count). The van der Waals surface area contributed by atoms with Gasteiger partial charge < -0.3 is 9.64 Å². The van der Waals surface area contributed by atoms with Crippen LogP contribution in [0.25, 0.3) is 5.65 Å². The van der Waals surface area contributed by atoms with Crippen molar-refractivity contribution in [2.45, 2.75) is 31.7 Å². The highest BCUT2D eigenvalue weighted by molar-refractivity contribution is 5.93. The predicted octanol–water partition coefficient (Wildman–Crippen LogP) is 2.70. The van der Waals surface area contributed by atoms with E-state index in [1.165, 1.54) is 17.5 Å². The fourth-order valence-electron chi connectivity index (χ4n) is 5.26. The highest BCUT2D eigenvalue weighted by Gasteiger charge is 2.32. The van der Waals surface area contributed by atoms with Crippen LogP contribution in [0.2, 0.25) is 0 Å². The monoisotopic (exact) mass is 433 g/mol. The van der Waals surface area contributed by atoms with E-state index in [-0.39, 0.29) is 5.91 Å². The highest BCUT2D eigenvalue weighted by Crippen LogP contribution is 2.29. The Balaban J connectivity index is 1.26. The highest BCUT2D eigenvalue weighted by atomic mass is 16.5. The van der Waals surface area contributed by atoms with Crippen LogP contribution in [0, 0.1) is 5.92 Å². The van der Waals surface area contributed by atoms with Gasteiger partial charge in [0.15, 0.2) is 11.3 Å². The maximum atomic E-state index is 13.3. The molecule has 32 heavy (non-hydrogen) atoms. The van der Waals surface area contributed by atoms with E-state index >= 15 is 0 Å². The smallest absolute Gasteiger partial charge is 0.274 e. The molecule has 7 heteroatoms. The fraction of sp³-hybridized carbons (Fsp3) is 0.480. The molecule has 1 saturated heterocycles. The van der Waals surface area contributed by atoms with Crippen molar-refractivity contribution in [1.29, 1.82) is 0 Å². The van der Waals surface area contributed by atoms with Crippen molar-refractivity contribution < 1.29 is 9.53 Å². The minimum atomic E-state index is -0.0436. The molecule has 0 spiro atoms. The summed E-state index contributed by atoms with van der Waals surface area (Å²) in [7, 11) is 1.68. The molecule has 0 radical (unpaired) electrons. The Morgan fingerprint density at radius 1 is 1.22 bits per heavy atom. The predicted molar refractivity (Wildman–Crippen MR) is 123 cm³/mol. The van der Waals surface area contributed by atoms with Crippen molar-refractivity contribution in [2.75, 3.05) is 39.9 Å². The summed E-state index contributed by atoms with van der Waals surface area (Å²) in [5.74, 6) is 0.418. The number of rotatable bonds is 7. The molecule has 0 saturated carbocycles. The number of fused-ring (bicyclic) bond motifs is 2. The van der Waals surface area contributed by atoms with Crippen LogP contribution in [0.1, 0.15) is 34.5 Å². The SMILES string of the molecule is COCCN(C[C@H]1CCCN(C2Cc3ccccc3C2)C1)C(=O)c1cc2ncccn2n1. The molecule has 168 valence electrons. The summed E-state index contributed by atoms with van der Waals surface area (Å²) >= 11 is 0. The van der Waals surface area contributed by atoms with Gasteiger partial charge in [0.2, 0.25) is 0 Å². The van der Waals surface area contributed by atoms with Gasteiger partial charge in [-0.2, -0.15) is 5.10 Å². The van der Waals surface area contributed by atoms with Crippen molar-refractivity contribution in [2.24, 2.45) is 5.92 Å². The van der Waals surface area contributed by atoms with Crippen molar-refractivity contribution in [3.8, 4) is 0 Å². The Morgan fingerprint density at radius 2 is 2.03 bits per heavy atom. The molecule has 0 N–H and O–H groups in total. The second kappa shape index (κ2) is 9.38. The van der Waals surface area contributed by atoms with Crippen LogP contribution in [0.3, 0.4) is 0 Å². The second-order valence-corrected chi connectivity index (χ2v) is 9.03. The first-order valence-corrected chi connectivity index (χ1v) is 11.6. The third kappa shape index (κ3) is 4.40. The minimum Gasteiger partial charge on any atom is -0.383 e. The molecule has 1 atom stereocenters. The molecule has 3 heterocycles. The first-order valence-electron chi connectivity index (χ1n) is 11.6. The number of aromatic nitrogens is 3. The van der Waals surface area contributed by atoms with Crippen molar-refractivity contribution >= 4 is 11.6 Å². The van der Waals surface area contributed by atoms with Gasteiger partial charge in [0.25, 0.3) is 5.91 Å². The maximum absolute atomic E-state index is 13.3. The molecular formula is C25H31N5O2. The van der Waals surface area contributed by atoms with Gasteiger partial charge in [0.05, 0.1) is 6.61 Å². The molecule has 1 aliphatic carbocycles. The summed E-state index contributed by atoms with van der Waals surface area (Å²) in [6.45, 7) is 4.02. The number of nitrogens with zero attached hydrogens (tertiary/aromatic N) is 5. The number of likely N-dealkylation sites (tertiary alicyclic amines) is 1. The van der Waals surface area contributed by atoms with Gasteiger partial charge in [0, 0.05) is 51.2 Å². The van der Waals surface area contributed by atoms with Crippen molar-refractivity contribution in [1.82, 2.24) is 24.4 Å². The van der Waals surface area contributed by atoms with E-state index in [0.29, 0.717) is 36.5 Å². The molecule has 0 unspecified atom stereocenters. The Bertz CT molecular complexity index is 1020. The molecule has 2 aliphatic rings. The molecule has 7 nitrogen and oxygen atoms in total. The van der Waals surface area contributed by atoms with E-state index in [0.717, 1.165) is 38.9 Å². The van der Waals surface area contributed by atoms with Crippen LogP contribution >= 0.6 is 0 Å². The zero-order valence-corrected chi connectivity index (χ0v) is 18.7. The molecule has 3 aromatic rings. The Hall–Kier alpha value is -2.77. The van der Waals surface area contributed by atoms with Crippen molar-refractivity contribution in [3.63, 3.8) is 0 Å². The first kappa shape index (κ1) is 21.1. The molecule has 2 aromatic heterocycles. The number of hydrogen-bond acceptors (Lipinski definition) is 5. The minimum absolute atomic E-state index is 0.0436. The number of ether oxygens (including phenoxy) is 1. The standard InChI is InChI=1S/C25H31N5O2/c1-32-13-12-29(25(31)23-16-24-26-9-5-11-30(24)27-23)18-19-6-4-10-28(17-19)22-14-20-7-2-3-8-21(20)15-22/h2-3,5,7-9,11,16,19,22H,4,6,10,12-15,17-18H2,1H3/t19-/m0/s1. The Labute approximate surface area is 189 Å². The van der Waals surface area contributed by atoms with Gasteiger partial charge in [-0.1, -0.05) is 24.3 Å². The second-order valence-electron chi connectivity index (χ2n) is 9.03. The van der Waals surface area contributed by atoms with Gasteiger partial charge in [0.1, 0.15) is 0 Å². The maximum Gasteiger partial charge on any atom is 0.274 e. The van der Waals surface area contributed by atoms with E-state index in [9.17, 15) is 4.79 Å². The van der Waals surface area contributed by atoms with Crippen LogP contribution < -0.4 is 0 Å². The van der Waals surface area contributed by atoms with Gasteiger partial charge in [-0.15, -0.1) is 0 Å². The van der Waals surface area contributed by atoms with Gasteiger partial charge in [-0.25, -0.2) is 9.50 Å². The lowest BCUT2D eigenvalue weighted by Gasteiger charge is -2.38. The average Bonchev–Trinajstić information content (AvgIpc) is 3.46. The van der Waals surface area contributed by atoms with Crippen LogP contribution in [0.15, 0.2) is 48.8 Å². The molecule has 1 amide bonds. The number of benzene rings is 1. The summed E-state index contributed by atoms with van der Waals surface area (Å²) in [6.07, 6.45) is 8.15. The fourth-order valence-corrected chi connectivity index (χ4v) is 5.26. The van der Waals surface area contributed by atoms with E-state index < -0.39 is 0 Å². The van der Waals surface area contributed by atoms with E-state index in [4.69, 9.17) is 4.74 Å². The summed E-state index contributed by atoms with van der Waals surface area (Å²) < 4.78 is 6.96. The van der Waals surface area contributed by atoms with Crippen LogP contribution in [-0.4, -0.2) is 76.2 Å². The van der Waals surface area contributed by atoms with E-state index in [1.807, 2.05) is 17.2 Å². The Morgan fingerprint density at radius 3 is 2.78 bits per heavy atom. The van der Waals surface area contributed by atoms with Gasteiger partial charge in [-0.05, 0) is 55.3 Å². The lowest BCUT2D eigenvalue weighted by atomic mass is 9.95. The van der Waals surface area contributed by atoms with Gasteiger partial charge >= 0.3 is 0 Å².